The van der Waals surface area contributed by atoms with Crippen LogP contribution in [0.25, 0.3) is 0 Å². The van der Waals surface area contributed by atoms with Crippen LogP contribution in [0.2, 0.25) is 0 Å². The number of benzene rings is 1. The third kappa shape index (κ3) is 4.98. The summed E-state index contributed by atoms with van der Waals surface area (Å²) in [5.41, 5.74) is 0.569. The Morgan fingerprint density at radius 1 is 1.28 bits per heavy atom. The topological polar surface area (TPSA) is 66.2 Å². The van der Waals surface area contributed by atoms with E-state index >= 15 is 0 Å². The zero-order valence-electron chi connectivity index (χ0n) is 15.2. The van der Waals surface area contributed by atoms with Crippen LogP contribution in [0.4, 0.5) is 0 Å². The average molecular weight is 363 g/mol. The van der Waals surface area contributed by atoms with Gasteiger partial charge in [-0.1, -0.05) is 25.6 Å². The first kappa shape index (κ1) is 19.3. The van der Waals surface area contributed by atoms with E-state index in [4.69, 9.17) is 9.47 Å². The quantitative estimate of drug-likeness (QED) is 0.363. The fourth-order valence-corrected chi connectivity index (χ4v) is 3.33. The molecule has 0 unspecified atom stereocenters. The van der Waals surface area contributed by atoms with E-state index < -0.39 is 0 Å². The van der Waals surface area contributed by atoms with Crippen molar-refractivity contribution in [1.82, 2.24) is 14.8 Å². The van der Waals surface area contributed by atoms with Gasteiger partial charge in [0.25, 0.3) is 0 Å². The SMILES string of the molecule is CCn1c(SCCCOc2ccc(C=O)cc2OC)nnc1C(C)C. The Bertz CT molecular complexity index is 701. The first-order chi connectivity index (χ1) is 12.1. The molecular formula is C18H25N3O3S. The molecule has 0 saturated carbocycles. The van der Waals surface area contributed by atoms with Gasteiger partial charge in [-0.3, -0.25) is 4.79 Å². The maximum absolute atomic E-state index is 10.8. The Kier molecular flexibility index (Phi) is 7.31. The Labute approximate surface area is 152 Å². The zero-order chi connectivity index (χ0) is 18.2. The van der Waals surface area contributed by atoms with Crippen molar-refractivity contribution in [2.45, 2.75) is 44.8 Å². The van der Waals surface area contributed by atoms with Crippen molar-refractivity contribution in [3.8, 4) is 11.5 Å². The second-order valence-electron chi connectivity index (χ2n) is 5.82. The highest BCUT2D eigenvalue weighted by atomic mass is 32.2. The van der Waals surface area contributed by atoms with Gasteiger partial charge in [-0.15, -0.1) is 10.2 Å². The fourth-order valence-electron chi connectivity index (χ4n) is 2.41. The van der Waals surface area contributed by atoms with Gasteiger partial charge in [0.05, 0.1) is 13.7 Å². The number of methoxy groups -OCH3 is 1. The van der Waals surface area contributed by atoms with E-state index in [0.717, 1.165) is 36.0 Å². The summed E-state index contributed by atoms with van der Waals surface area (Å²) in [4.78, 5) is 10.8. The molecule has 0 radical (unpaired) electrons. The van der Waals surface area contributed by atoms with Crippen LogP contribution in [0.1, 0.15) is 49.3 Å². The van der Waals surface area contributed by atoms with E-state index in [1.807, 2.05) is 0 Å². The third-order valence-electron chi connectivity index (χ3n) is 3.68. The molecule has 1 aromatic carbocycles. The van der Waals surface area contributed by atoms with Crippen LogP contribution in [0, 0.1) is 0 Å². The van der Waals surface area contributed by atoms with Gasteiger partial charge in [0, 0.05) is 23.8 Å². The first-order valence-electron chi connectivity index (χ1n) is 8.42. The van der Waals surface area contributed by atoms with Gasteiger partial charge in [-0.25, -0.2) is 0 Å². The predicted octanol–water partition coefficient (Wildman–Crippen LogP) is 3.80. The molecule has 0 atom stereocenters. The predicted molar refractivity (Wildman–Crippen MR) is 99.0 cm³/mol. The average Bonchev–Trinajstić information content (AvgIpc) is 3.04. The Morgan fingerprint density at radius 3 is 2.72 bits per heavy atom. The van der Waals surface area contributed by atoms with Crippen molar-refractivity contribution in [3.05, 3.63) is 29.6 Å². The summed E-state index contributed by atoms with van der Waals surface area (Å²) >= 11 is 1.69. The van der Waals surface area contributed by atoms with E-state index in [1.165, 1.54) is 0 Å². The normalized spacial score (nSPS) is 10.9. The summed E-state index contributed by atoms with van der Waals surface area (Å²) in [7, 11) is 1.57. The summed E-state index contributed by atoms with van der Waals surface area (Å²) < 4.78 is 13.2. The molecule has 1 aromatic heterocycles. The summed E-state index contributed by atoms with van der Waals surface area (Å²) in [5.74, 6) is 3.51. The number of aldehydes is 1. The third-order valence-corrected chi connectivity index (χ3v) is 4.73. The first-order valence-corrected chi connectivity index (χ1v) is 9.41. The van der Waals surface area contributed by atoms with Crippen molar-refractivity contribution in [2.24, 2.45) is 0 Å². The minimum Gasteiger partial charge on any atom is -0.493 e. The Morgan fingerprint density at radius 2 is 2.08 bits per heavy atom. The highest BCUT2D eigenvalue weighted by Crippen LogP contribution is 2.28. The van der Waals surface area contributed by atoms with Gasteiger partial charge < -0.3 is 14.0 Å². The Hall–Kier alpha value is -2.02. The number of hydrogen-bond acceptors (Lipinski definition) is 6. The van der Waals surface area contributed by atoms with Gasteiger partial charge in [-0.2, -0.15) is 0 Å². The van der Waals surface area contributed by atoms with Crippen molar-refractivity contribution in [3.63, 3.8) is 0 Å². The second kappa shape index (κ2) is 9.46. The van der Waals surface area contributed by atoms with Gasteiger partial charge in [-0.05, 0) is 31.5 Å². The molecule has 0 fully saturated rings. The van der Waals surface area contributed by atoms with E-state index in [9.17, 15) is 4.79 Å². The molecule has 0 aliphatic heterocycles. The molecular weight excluding hydrogens is 338 g/mol. The molecule has 136 valence electrons. The number of hydrogen-bond donors (Lipinski definition) is 0. The van der Waals surface area contributed by atoms with Crippen molar-refractivity contribution in [2.75, 3.05) is 19.5 Å². The molecule has 2 rings (SSSR count). The van der Waals surface area contributed by atoms with Crippen molar-refractivity contribution < 1.29 is 14.3 Å². The van der Waals surface area contributed by atoms with Gasteiger partial charge in [0.1, 0.15) is 12.1 Å². The van der Waals surface area contributed by atoms with Crippen LogP contribution in [-0.4, -0.2) is 40.5 Å². The molecule has 0 saturated heterocycles. The summed E-state index contributed by atoms with van der Waals surface area (Å²) in [6.45, 7) is 7.81. The number of thioether (sulfide) groups is 1. The van der Waals surface area contributed by atoms with Crippen LogP contribution < -0.4 is 9.47 Å². The molecule has 6 nitrogen and oxygen atoms in total. The summed E-state index contributed by atoms with van der Waals surface area (Å²) in [5, 5.41) is 9.54. The van der Waals surface area contributed by atoms with Crippen LogP contribution in [-0.2, 0) is 6.54 Å². The lowest BCUT2D eigenvalue weighted by molar-refractivity contribution is 0.112. The largest absolute Gasteiger partial charge is 0.493 e. The molecule has 1 heterocycles. The van der Waals surface area contributed by atoms with Crippen LogP contribution in [0.15, 0.2) is 23.4 Å². The lowest BCUT2D eigenvalue weighted by atomic mass is 10.2. The van der Waals surface area contributed by atoms with Crippen LogP contribution in [0.5, 0.6) is 11.5 Å². The van der Waals surface area contributed by atoms with E-state index in [2.05, 4.69) is 35.5 Å². The van der Waals surface area contributed by atoms with Crippen molar-refractivity contribution in [1.29, 1.82) is 0 Å². The molecule has 0 aliphatic carbocycles. The number of carbonyl (C=O) groups excluding carboxylic acids is 1. The van der Waals surface area contributed by atoms with Crippen LogP contribution >= 0.6 is 11.8 Å². The molecule has 0 aliphatic rings. The fraction of sp³-hybridized carbons (Fsp3) is 0.500. The zero-order valence-corrected chi connectivity index (χ0v) is 16.0. The minimum absolute atomic E-state index is 0.368. The molecule has 7 heteroatoms. The molecule has 2 aromatic rings. The molecule has 0 spiro atoms. The van der Waals surface area contributed by atoms with Crippen molar-refractivity contribution >= 4 is 18.0 Å². The molecule has 0 N–H and O–H groups in total. The summed E-state index contributed by atoms with van der Waals surface area (Å²) in [6.07, 6.45) is 1.66. The second-order valence-corrected chi connectivity index (χ2v) is 6.88. The molecule has 0 bridgehead atoms. The van der Waals surface area contributed by atoms with Crippen LogP contribution in [0.3, 0.4) is 0 Å². The summed E-state index contributed by atoms with van der Waals surface area (Å²) in [6, 6.07) is 5.16. The lowest BCUT2D eigenvalue weighted by Crippen LogP contribution is -2.05. The Balaban J connectivity index is 1.83. The van der Waals surface area contributed by atoms with E-state index in [1.54, 1.807) is 37.1 Å². The van der Waals surface area contributed by atoms with Gasteiger partial charge in [0.15, 0.2) is 16.7 Å². The van der Waals surface area contributed by atoms with Gasteiger partial charge in [0.2, 0.25) is 0 Å². The number of aromatic nitrogens is 3. The maximum atomic E-state index is 10.8. The molecule has 0 amide bonds. The minimum atomic E-state index is 0.368. The number of carbonyl (C=O) groups is 1. The highest BCUT2D eigenvalue weighted by Gasteiger charge is 2.13. The number of nitrogens with zero attached hydrogens (tertiary/aromatic N) is 3. The van der Waals surface area contributed by atoms with E-state index in [0.29, 0.717) is 29.6 Å². The van der Waals surface area contributed by atoms with E-state index in [-0.39, 0.29) is 0 Å². The highest BCUT2D eigenvalue weighted by molar-refractivity contribution is 7.99. The number of rotatable bonds is 10. The standard InChI is InChI=1S/C18H25N3O3S/c1-5-21-17(13(2)3)19-20-18(21)25-10-6-9-24-15-8-7-14(12-22)11-16(15)23-4/h7-8,11-13H,5-6,9-10H2,1-4H3. The smallest absolute Gasteiger partial charge is 0.191 e. The maximum Gasteiger partial charge on any atom is 0.191 e. The molecule has 25 heavy (non-hydrogen) atoms. The van der Waals surface area contributed by atoms with Gasteiger partial charge >= 0.3 is 0 Å². The lowest BCUT2D eigenvalue weighted by Gasteiger charge is -2.11. The monoisotopic (exact) mass is 363 g/mol. The number of ether oxygens (including phenoxy) is 2.